The lowest BCUT2D eigenvalue weighted by Crippen LogP contribution is -1.84. The van der Waals surface area contributed by atoms with Crippen molar-refractivity contribution in [2.45, 2.75) is 6.92 Å². The van der Waals surface area contributed by atoms with E-state index in [1.54, 1.807) is 11.3 Å². The third-order valence-electron chi connectivity index (χ3n) is 3.88. The average molecular weight is 328 g/mol. The Morgan fingerprint density at radius 3 is 2.25 bits per heavy atom. The lowest BCUT2D eigenvalue weighted by Gasteiger charge is -2.03. The second kappa shape index (κ2) is 6.38. The molecule has 4 aromatic rings. The minimum atomic E-state index is 1.04. The highest BCUT2D eigenvalue weighted by Crippen LogP contribution is 2.40. The molecule has 0 aliphatic heterocycles. The van der Waals surface area contributed by atoms with Crippen molar-refractivity contribution in [2.75, 3.05) is 0 Å². The third-order valence-corrected chi connectivity index (χ3v) is 5.04. The smallest absolute Gasteiger partial charge is 0.124 e. The summed E-state index contributed by atoms with van der Waals surface area (Å²) in [5.74, 6) is 0. The van der Waals surface area contributed by atoms with Gasteiger partial charge in [-0.25, -0.2) is 4.98 Å². The topological polar surface area (TPSA) is 25.8 Å². The summed E-state index contributed by atoms with van der Waals surface area (Å²) < 4.78 is 0. The van der Waals surface area contributed by atoms with Crippen molar-refractivity contribution in [2.24, 2.45) is 0 Å². The summed E-state index contributed by atoms with van der Waals surface area (Å²) in [6, 6.07) is 22.9. The molecule has 24 heavy (non-hydrogen) atoms. The zero-order valence-electron chi connectivity index (χ0n) is 13.3. The molecule has 0 saturated carbocycles. The van der Waals surface area contributed by atoms with E-state index in [4.69, 9.17) is 4.98 Å². The quantitative estimate of drug-likeness (QED) is 0.471. The van der Waals surface area contributed by atoms with Gasteiger partial charge in [0.15, 0.2) is 0 Å². The first kappa shape index (κ1) is 14.8. The van der Waals surface area contributed by atoms with Crippen molar-refractivity contribution >= 4 is 11.3 Å². The summed E-state index contributed by atoms with van der Waals surface area (Å²) in [7, 11) is 0. The van der Waals surface area contributed by atoms with Crippen molar-refractivity contribution in [3.63, 3.8) is 0 Å². The summed E-state index contributed by atoms with van der Waals surface area (Å²) in [6.07, 6.45) is 3.66. The molecule has 116 valence electrons. The van der Waals surface area contributed by atoms with Gasteiger partial charge >= 0.3 is 0 Å². The Hall–Kier alpha value is -2.78. The van der Waals surface area contributed by atoms with Gasteiger partial charge in [0, 0.05) is 23.5 Å². The fourth-order valence-corrected chi connectivity index (χ4v) is 3.81. The van der Waals surface area contributed by atoms with E-state index in [1.165, 1.54) is 10.4 Å². The summed E-state index contributed by atoms with van der Waals surface area (Å²) in [4.78, 5) is 10.3. The van der Waals surface area contributed by atoms with Gasteiger partial charge in [-0.3, -0.25) is 4.98 Å². The molecule has 0 aliphatic carbocycles. The van der Waals surface area contributed by atoms with E-state index < -0.39 is 0 Å². The molecular formula is C21H16N2S. The number of thiazole rings is 1. The minimum Gasteiger partial charge on any atom is -0.265 e. The normalized spacial score (nSPS) is 10.7. The second-order valence-corrected chi connectivity index (χ2v) is 6.67. The summed E-state index contributed by atoms with van der Waals surface area (Å²) in [5.41, 5.74) is 5.73. The number of aromatic nitrogens is 2. The van der Waals surface area contributed by atoms with Crippen LogP contribution in [-0.2, 0) is 0 Å². The SMILES string of the molecule is Cc1cccc(-c2nc(-c3ccccc3)sc2-c2ccncc2)c1. The molecule has 0 N–H and O–H groups in total. The second-order valence-electron chi connectivity index (χ2n) is 5.67. The van der Waals surface area contributed by atoms with Gasteiger partial charge in [0.1, 0.15) is 5.01 Å². The molecule has 2 nitrogen and oxygen atoms in total. The molecule has 0 radical (unpaired) electrons. The summed E-state index contributed by atoms with van der Waals surface area (Å²) >= 11 is 1.73. The Bertz CT molecular complexity index is 960. The van der Waals surface area contributed by atoms with Crippen LogP contribution in [0.3, 0.4) is 0 Å². The largest absolute Gasteiger partial charge is 0.265 e. The van der Waals surface area contributed by atoms with Crippen molar-refractivity contribution < 1.29 is 0 Å². The zero-order chi connectivity index (χ0) is 16.4. The number of rotatable bonds is 3. The predicted octanol–water partition coefficient (Wildman–Crippen LogP) is 5.85. The molecule has 0 spiro atoms. The van der Waals surface area contributed by atoms with Gasteiger partial charge in [0.25, 0.3) is 0 Å². The first-order chi connectivity index (χ1) is 11.8. The Morgan fingerprint density at radius 2 is 1.50 bits per heavy atom. The number of pyridine rings is 1. The Balaban J connectivity index is 1.92. The number of aryl methyl sites for hydroxylation is 1. The average Bonchev–Trinajstić information content (AvgIpc) is 3.09. The zero-order valence-corrected chi connectivity index (χ0v) is 14.1. The molecule has 0 unspecified atom stereocenters. The molecule has 0 bridgehead atoms. The third kappa shape index (κ3) is 2.86. The van der Waals surface area contributed by atoms with Gasteiger partial charge in [-0.15, -0.1) is 11.3 Å². The highest BCUT2D eigenvalue weighted by atomic mass is 32.1. The summed E-state index contributed by atoms with van der Waals surface area (Å²) in [6.45, 7) is 2.11. The van der Waals surface area contributed by atoms with Gasteiger partial charge in [0.2, 0.25) is 0 Å². The van der Waals surface area contributed by atoms with Gasteiger partial charge in [-0.1, -0.05) is 54.1 Å². The highest BCUT2D eigenvalue weighted by Gasteiger charge is 2.16. The van der Waals surface area contributed by atoms with Gasteiger partial charge in [0.05, 0.1) is 10.6 Å². The van der Waals surface area contributed by atoms with E-state index >= 15 is 0 Å². The molecule has 3 heteroatoms. The monoisotopic (exact) mass is 328 g/mol. The molecule has 2 heterocycles. The lowest BCUT2D eigenvalue weighted by atomic mass is 10.1. The number of hydrogen-bond donors (Lipinski definition) is 0. The van der Waals surface area contributed by atoms with Crippen molar-refractivity contribution in [1.82, 2.24) is 9.97 Å². The Morgan fingerprint density at radius 1 is 0.750 bits per heavy atom. The van der Waals surface area contributed by atoms with Crippen LogP contribution in [0, 0.1) is 6.92 Å². The molecule has 0 amide bonds. The predicted molar refractivity (Wildman–Crippen MR) is 101 cm³/mol. The van der Waals surface area contributed by atoms with Gasteiger partial charge in [-0.05, 0) is 30.7 Å². The van der Waals surface area contributed by atoms with E-state index in [0.29, 0.717) is 0 Å². The summed E-state index contributed by atoms with van der Waals surface area (Å²) in [5, 5.41) is 1.04. The molecule has 2 aromatic heterocycles. The molecular weight excluding hydrogens is 312 g/mol. The highest BCUT2D eigenvalue weighted by molar-refractivity contribution is 7.19. The van der Waals surface area contributed by atoms with Crippen LogP contribution in [0.4, 0.5) is 0 Å². The standard InChI is InChI=1S/C21H16N2S/c1-15-6-5-9-18(14-15)19-20(16-10-12-22-13-11-16)24-21(23-19)17-7-3-2-4-8-17/h2-14H,1H3. The lowest BCUT2D eigenvalue weighted by molar-refractivity contribution is 1.33. The molecule has 0 saturated heterocycles. The van der Waals surface area contributed by atoms with Crippen LogP contribution in [0.15, 0.2) is 79.1 Å². The van der Waals surface area contributed by atoms with Crippen molar-refractivity contribution in [1.29, 1.82) is 0 Å². The van der Waals surface area contributed by atoms with Crippen LogP contribution in [-0.4, -0.2) is 9.97 Å². The van der Waals surface area contributed by atoms with E-state index in [2.05, 4.69) is 60.4 Å². The van der Waals surface area contributed by atoms with Gasteiger partial charge in [-0.2, -0.15) is 0 Å². The first-order valence-corrected chi connectivity index (χ1v) is 8.66. The van der Waals surface area contributed by atoms with Crippen molar-refractivity contribution in [3.8, 4) is 32.3 Å². The number of benzene rings is 2. The van der Waals surface area contributed by atoms with Crippen LogP contribution in [0.2, 0.25) is 0 Å². The van der Waals surface area contributed by atoms with Crippen LogP contribution < -0.4 is 0 Å². The minimum absolute atomic E-state index is 1.04. The molecule has 2 aromatic carbocycles. The Labute approximate surface area is 145 Å². The number of nitrogens with zero attached hydrogens (tertiary/aromatic N) is 2. The fourth-order valence-electron chi connectivity index (χ4n) is 2.71. The van der Waals surface area contributed by atoms with Crippen LogP contribution in [0.25, 0.3) is 32.3 Å². The van der Waals surface area contributed by atoms with E-state index in [-0.39, 0.29) is 0 Å². The molecule has 0 aliphatic rings. The molecule has 0 atom stereocenters. The van der Waals surface area contributed by atoms with Crippen molar-refractivity contribution in [3.05, 3.63) is 84.7 Å². The Kier molecular flexibility index (Phi) is 3.93. The van der Waals surface area contributed by atoms with E-state index in [1.807, 2.05) is 30.6 Å². The fraction of sp³-hybridized carbons (Fsp3) is 0.0476. The number of hydrogen-bond acceptors (Lipinski definition) is 3. The maximum atomic E-state index is 4.97. The first-order valence-electron chi connectivity index (χ1n) is 7.85. The maximum absolute atomic E-state index is 4.97. The van der Waals surface area contributed by atoms with Crippen LogP contribution >= 0.6 is 11.3 Å². The van der Waals surface area contributed by atoms with E-state index in [0.717, 1.165) is 27.4 Å². The van der Waals surface area contributed by atoms with Gasteiger partial charge < -0.3 is 0 Å². The van der Waals surface area contributed by atoms with E-state index in [9.17, 15) is 0 Å². The molecule has 0 fully saturated rings. The maximum Gasteiger partial charge on any atom is 0.124 e. The molecule has 4 rings (SSSR count). The van der Waals surface area contributed by atoms with Crippen LogP contribution in [0.1, 0.15) is 5.56 Å². The van der Waals surface area contributed by atoms with Crippen LogP contribution in [0.5, 0.6) is 0 Å².